The summed E-state index contributed by atoms with van der Waals surface area (Å²) in [6, 6.07) is 20.9. The summed E-state index contributed by atoms with van der Waals surface area (Å²) in [5.41, 5.74) is 4.00. The smallest absolute Gasteiger partial charge is 0.340 e. The molecular formula is C29H28INO4. The highest BCUT2D eigenvalue weighted by molar-refractivity contribution is 14.1. The van der Waals surface area contributed by atoms with Crippen molar-refractivity contribution >= 4 is 45.2 Å². The lowest BCUT2D eigenvalue weighted by molar-refractivity contribution is 0.00706. The Hall–Kier alpha value is -3.13. The number of hydrogen-bond donors (Lipinski definition) is 1. The molecule has 0 bridgehead atoms. The number of fused-ring (bicyclic) bond motifs is 1. The van der Waals surface area contributed by atoms with E-state index in [1.165, 1.54) is 0 Å². The fourth-order valence-electron chi connectivity index (χ4n) is 3.95. The van der Waals surface area contributed by atoms with Gasteiger partial charge in [0.25, 0.3) is 0 Å². The summed E-state index contributed by atoms with van der Waals surface area (Å²) < 4.78 is 12.5. The topological polar surface area (TPSA) is 68.5 Å². The van der Waals surface area contributed by atoms with Gasteiger partial charge in [-0.3, -0.25) is 4.79 Å². The van der Waals surface area contributed by atoms with Crippen molar-refractivity contribution in [3.63, 3.8) is 0 Å². The van der Waals surface area contributed by atoms with E-state index in [1.54, 1.807) is 6.07 Å². The summed E-state index contributed by atoms with van der Waals surface area (Å²) in [6.45, 7) is 8.08. The quantitative estimate of drug-likeness (QED) is 0.197. The lowest BCUT2D eigenvalue weighted by Crippen LogP contribution is -2.24. The Balaban J connectivity index is 1.64. The standard InChI is InChI=1S/C29H28INO4/c1-18-16-20(14-15-31-23-13-9-8-12-21(23)28(33)35-29(2,3)4)26-22(17-18)25(32)24(30)27(34-26)19-10-6-5-7-11-19/h5-13,16-17,31H,14-15H2,1-4H3. The maximum Gasteiger partial charge on any atom is 0.340 e. The molecule has 0 unspecified atom stereocenters. The first-order valence-electron chi connectivity index (χ1n) is 11.5. The van der Waals surface area contributed by atoms with Crippen LogP contribution in [0.3, 0.4) is 0 Å². The molecule has 0 aliphatic carbocycles. The van der Waals surface area contributed by atoms with E-state index in [9.17, 15) is 9.59 Å². The molecule has 4 rings (SSSR count). The van der Waals surface area contributed by atoms with Crippen LogP contribution in [0.4, 0.5) is 5.69 Å². The van der Waals surface area contributed by atoms with Gasteiger partial charge in [-0.1, -0.05) is 48.5 Å². The molecule has 1 N–H and O–H groups in total. The van der Waals surface area contributed by atoms with E-state index in [4.69, 9.17) is 9.15 Å². The van der Waals surface area contributed by atoms with E-state index in [1.807, 2.05) is 88.4 Å². The van der Waals surface area contributed by atoms with E-state index < -0.39 is 5.60 Å². The van der Waals surface area contributed by atoms with Crippen molar-refractivity contribution in [3.05, 3.63) is 97.2 Å². The number of anilines is 1. The van der Waals surface area contributed by atoms with Gasteiger partial charge in [-0.05, 0) is 86.0 Å². The van der Waals surface area contributed by atoms with Gasteiger partial charge in [-0.2, -0.15) is 0 Å². The van der Waals surface area contributed by atoms with Gasteiger partial charge >= 0.3 is 5.97 Å². The third-order valence-electron chi connectivity index (χ3n) is 5.45. The first-order chi connectivity index (χ1) is 16.6. The van der Waals surface area contributed by atoms with Crippen molar-refractivity contribution in [1.29, 1.82) is 0 Å². The number of halogens is 1. The van der Waals surface area contributed by atoms with Crippen molar-refractivity contribution in [1.82, 2.24) is 0 Å². The molecule has 0 aliphatic heterocycles. The Morgan fingerprint density at radius 2 is 1.71 bits per heavy atom. The zero-order chi connectivity index (χ0) is 25.2. The van der Waals surface area contributed by atoms with Crippen LogP contribution in [-0.2, 0) is 11.2 Å². The number of carbonyl (C=O) groups is 1. The molecule has 3 aromatic carbocycles. The number of esters is 1. The van der Waals surface area contributed by atoms with Crippen molar-refractivity contribution in [2.75, 3.05) is 11.9 Å². The van der Waals surface area contributed by atoms with Crippen LogP contribution >= 0.6 is 22.6 Å². The van der Waals surface area contributed by atoms with E-state index in [0.29, 0.717) is 44.5 Å². The molecule has 1 aromatic heterocycles. The van der Waals surface area contributed by atoms with Crippen LogP contribution in [0.25, 0.3) is 22.3 Å². The summed E-state index contributed by atoms with van der Waals surface area (Å²) in [7, 11) is 0. The number of para-hydroxylation sites is 1. The van der Waals surface area contributed by atoms with Gasteiger partial charge in [0.2, 0.25) is 5.43 Å². The highest BCUT2D eigenvalue weighted by Crippen LogP contribution is 2.29. The van der Waals surface area contributed by atoms with E-state index >= 15 is 0 Å². The molecule has 0 radical (unpaired) electrons. The van der Waals surface area contributed by atoms with Crippen LogP contribution in [0, 0.1) is 10.5 Å². The molecule has 0 aliphatic rings. The van der Waals surface area contributed by atoms with Gasteiger partial charge in [0.1, 0.15) is 14.8 Å². The van der Waals surface area contributed by atoms with Crippen LogP contribution in [-0.4, -0.2) is 18.1 Å². The van der Waals surface area contributed by atoms with Gasteiger partial charge in [-0.25, -0.2) is 4.79 Å². The molecule has 35 heavy (non-hydrogen) atoms. The second-order valence-corrected chi connectivity index (χ2v) is 10.5. The maximum atomic E-state index is 13.2. The Morgan fingerprint density at radius 1 is 1.03 bits per heavy atom. The number of rotatable bonds is 6. The molecule has 0 atom stereocenters. The SMILES string of the molecule is Cc1cc(CCNc2ccccc2C(=O)OC(C)(C)C)c2oc(-c3ccccc3)c(I)c(=O)c2c1. The molecule has 0 amide bonds. The normalized spacial score (nSPS) is 11.5. The molecule has 5 nitrogen and oxygen atoms in total. The van der Waals surface area contributed by atoms with Crippen LogP contribution in [0.5, 0.6) is 0 Å². The molecule has 6 heteroatoms. The molecule has 4 aromatic rings. The first kappa shape index (κ1) is 25.0. The number of ether oxygens (including phenoxy) is 1. The van der Waals surface area contributed by atoms with Gasteiger partial charge in [-0.15, -0.1) is 0 Å². The van der Waals surface area contributed by atoms with Crippen molar-refractivity contribution < 1.29 is 13.9 Å². The molecule has 0 saturated carbocycles. The average Bonchev–Trinajstić information content (AvgIpc) is 2.81. The Kier molecular flexibility index (Phi) is 7.31. The molecule has 0 fully saturated rings. The second kappa shape index (κ2) is 10.2. The molecule has 1 heterocycles. The predicted octanol–water partition coefficient (Wildman–Crippen LogP) is 6.98. The molecule has 0 spiro atoms. The van der Waals surface area contributed by atoms with E-state index in [-0.39, 0.29) is 11.4 Å². The predicted molar refractivity (Wildman–Crippen MR) is 149 cm³/mol. The average molecular weight is 581 g/mol. The molecular weight excluding hydrogens is 553 g/mol. The van der Waals surface area contributed by atoms with Crippen molar-refractivity contribution in [2.45, 2.75) is 39.7 Å². The first-order valence-corrected chi connectivity index (χ1v) is 12.6. The third kappa shape index (κ3) is 5.75. The summed E-state index contributed by atoms with van der Waals surface area (Å²) >= 11 is 2.07. The molecule has 180 valence electrons. The largest absolute Gasteiger partial charge is 0.456 e. The fourth-order valence-corrected chi connectivity index (χ4v) is 4.66. The Morgan fingerprint density at radius 3 is 2.43 bits per heavy atom. The van der Waals surface area contributed by atoms with Gasteiger partial charge in [0, 0.05) is 17.8 Å². The Labute approximate surface area is 218 Å². The zero-order valence-electron chi connectivity index (χ0n) is 20.3. The van der Waals surface area contributed by atoms with Gasteiger partial charge < -0.3 is 14.5 Å². The van der Waals surface area contributed by atoms with Crippen molar-refractivity contribution in [2.24, 2.45) is 0 Å². The van der Waals surface area contributed by atoms with E-state index in [0.717, 1.165) is 16.7 Å². The highest BCUT2D eigenvalue weighted by atomic mass is 127. The summed E-state index contributed by atoms with van der Waals surface area (Å²) in [5, 5.41) is 3.94. The number of hydrogen-bond acceptors (Lipinski definition) is 5. The monoisotopic (exact) mass is 581 g/mol. The number of nitrogens with one attached hydrogen (secondary N) is 1. The van der Waals surface area contributed by atoms with E-state index in [2.05, 4.69) is 27.9 Å². The summed E-state index contributed by atoms with van der Waals surface area (Å²) in [6.07, 6.45) is 0.610. The zero-order valence-corrected chi connectivity index (χ0v) is 22.4. The summed E-state index contributed by atoms with van der Waals surface area (Å²) in [5.74, 6) is 0.215. The fraction of sp³-hybridized carbons (Fsp3) is 0.241. The van der Waals surface area contributed by atoms with Crippen LogP contribution in [0.15, 0.2) is 75.9 Å². The maximum absolute atomic E-state index is 13.2. The van der Waals surface area contributed by atoms with Crippen molar-refractivity contribution in [3.8, 4) is 11.3 Å². The number of aryl methyl sites for hydroxylation is 1. The summed E-state index contributed by atoms with van der Waals surface area (Å²) in [4.78, 5) is 25.9. The lowest BCUT2D eigenvalue weighted by atomic mass is 10.0. The van der Waals surface area contributed by atoms with Gasteiger partial charge in [0.15, 0.2) is 5.76 Å². The minimum absolute atomic E-state index is 0.0288. The van der Waals surface area contributed by atoms with Crippen LogP contribution in [0.2, 0.25) is 0 Å². The minimum atomic E-state index is -0.573. The third-order valence-corrected chi connectivity index (χ3v) is 6.43. The highest BCUT2D eigenvalue weighted by Gasteiger charge is 2.20. The second-order valence-electron chi connectivity index (χ2n) is 9.47. The van der Waals surface area contributed by atoms with Gasteiger partial charge in [0.05, 0.1) is 10.9 Å². The minimum Gasteiger partial charge on any atom is -0.456 e. The molecule has 0 saturated heterocycles. The van der Waals surface area contributed by atoms with Crippen LogP contribution < -0.4 is 10.7 Å². The van der Waals surface area contributed by atoms with Crippen LogP contribution in [0.1, 0.15) is 42.3 Å². The lowest BCUT2D eigenvalue weighted by Gasteiger charge is -2.20. The number of carbonyl (C=O) groups excluding carboxylic acids is 1. The number of benzene rings is 3. The Bertz CT molecular complexity index is 1440.